The zero-order chi connectivity index (χ0) is 27.9. The fourth-order valence-corrected chi connectivity index (χ4v) is 4.80. The summed E-state index contributed by atoms with van der Waals surface area (Å²) in [6, 6.07) is 25.7. The number of hydrazine groups is 1. The molecule has 2 amide bonds. The number of anilines is 1. The first kappa shape index (κ1) is 26.8. The zero-order valence-corrected chi connectivity index (χ0v) is 22.2. The lowest BCUT2D eigenvalue weighted by Gasteiger charge is -2.32. The summed E-state index contributed by atoms with van der Waals surface area (Å²) in [5.74, 6) is -0.595. The first-order valence-corrected chi connectivity index (χ1v) is 13.2. The zero-order valence-electron chi connectivity index (χ0n) is 22.2. The van der Waals surface area contributed by atoms with Gasteiger partial charge >= 0.3 is 5.97 Å². The van der Waals surface area contributed by atoms with Gasteiger partial charge in [0.05, 0.1) is 12.8 Å². The van der Waals surface area contributed by atoms with Gasteiger partial charge in [-0.1, -0.05) is 54.1 Å². The van der Waals surface area contributed by atoms with Crippen molar-refractivity contribution in [3.8, 4) is 5.75 Å². The molecule has 40 heavy (non-hydrogen) atoms. The summed E-state index contributed by atoms with van der Waals surface area (Å²) in [6.07, 6.45) is 3.93. The van der Waals surface area contributed by atoms with Crippen molar-refractivity contribution in [2.24, 2.45) is 10.9 Å². The van der Waals surface area contributed by atoms with E-state index in [9.17, 15) is 14.4 Å². The first-order valence-electron chi connectivity index (χ1n) is 13.2. The number of amides is 2. The van der Waals surface area contributed by atoms with Crippen LogP contribution in [-0.4, -0.2) is 48.6 Å². The molecule has 0 radical (unpaired) electrons. The summed E-state index contributed by atoms with van der Waals surface area (Å²) in [5, 5.41) is 1.39. The molecular weight excluding hydrogens is 508 g/mol. The van der Waals surface area contributed by atoms with Crippen molar-refractivity contribution in [2.45, 2.75) is 19.3 Å². The molecule has 0 aromatic heterocycles. The van der Waals surface area contributed by atoms with Gasteiger partial charge in [-0.2, -0.15) is 0 Å². The van der Waals surface area contributed by atoms with E-state index in [1.54, 1.807) is 66.6 Å². The van der Waals surface area contributed by atoms with Crippen molar-refractivity contribution in [2.75, 3.05) is 25.2 Å². The normalized spacial score (nSPS) is 17.2. The molecule has 2 fully saturated rings. The van der Waals surface area contributed by atoms with Gasteiger partial charge < -0.3 is 14.5 Å². The number of nitrogens with zero attached hydrogens (tertiary/aromatic N) is 3. The van der Waals surface area contributed by atoms with E-state index in [1.165, 1.54) is 16.6 Å². The third kappa shape index (κ3) is 6.27. The molecule has 0 bridgehead atoms. The Labute approximate surface area is 232 Å². The van der Waals surface area contributed by atoms with Crippen LogP contribution < -0.4 is 15.3 Å². The fourth-order valence-electron chi connectivity index (χ4n) is 4.80. The molecule has 0 aliphatic carbocycles. The van der Waals surface area contributed by atoms with Crippen LogP contribution in [0.2, 0.25) is 0 Å². The van der Waals surface area contributed by atoms with E-state index in [1.807, 2.05) is 18.2 Å². The van der Waals surface area contributed by atoms with Crippen LogP contribution in [0.15, 0.2) is 102 Å². The maximum atomic E-state index is 13.7. The smallest absolute Gasteiger partial charge is 0.376 e. The molecule has 204 valence electrons. The van der Waals surface area contributed by atoms with E-state index >= 15 is 0 Å². The summed E-state index contributed by atoms with van der Waals surface area (Å²) in [5.41, 5.74) is 4.63. The lowest BCUT2D eigenvalue weighted by Crippen LogP contribution is -2.42. The van der Waals surface area contributed by atoms with Crippen molar-refractivity contribution in [3.63, 3.8) is 0 Å². The Hall–Kier alpha value is -4.76. The SMILES string of the molecule is COc1ccc(N2NOC(=O)/C2=C\C(=NC(=O)c2ccccc2)C(=O)N2CCC(Cc3ccccc3)CC2)cc1. The Morgan fingerprint density at radius 3 is 2.27 bits per heavy atom. The molecule has 0 saturated carbocycles. The van der Waals surface area contributed by atoms with Gasteiger partial charge in [0, 0.05) is 24.7 Å². The average molecular weight is 539 g/mol. The standard InChI is InChI=1S/C31H30N4O5/c1-39-26-14-12-25(13-15-26)35-28(31(38)40-33-35)21-27(32-29(36)24-10-6-3-7-11-24)30(37)34-18-16-23(17-19-34)20-22-8-4-2-5-9-22/h2-15,21,23,33H,16-20H2,1H3/b28-21+,32-27?. The van der Waals surface area contributed by atoms with Gasteiger partial charge in [-0.3, -0.25) is 9.59 Å². The van der Waals surface area contributed by atoms with E-state index in [-0.39, 0.29) is 11.4 Å². The van der Waals surface area contributed by atoms with Crippen LogP contribution >= 0.6 is 0 Å². The van der Waals surface area contributed by atoms with Crippen LogP contribution in [0.5, 0.6) is 5.75 Å². The Morgan fingerprint density at radius 2 is 1.62 bits per heavy atom. The number of hydrogen-bond donors (Lipinski definition) is 1. The summed E-state index contributed by atoms with van der Waals surface area (Å²) in [6.45, 7) is 1.06. The number of nitrogens with one attached hydrogen (secondary N) is 1. The first-order chi connectivity index (χ1) is 19.5. The number of hydrogen-bond acceptors (Lipinski definition) is 7. The van der Waals surface area contributed by atoms with Crippen LogP contribution in [-0.2, 0) is 20.8 Å². The van der Waals surface area contributed by atoms with Gasteiger partial charge in [-0.15, -0.1) is 0 Å². The van der Waals surface area contributed by atoms with Gasteiger partial charge in [0.25, 0.3) is 11.8 Å². The Bertz CT molecular complexity index is 1410. The van der Waals surface area contributed by atoms with Crippen molar-refractivity contribution >= 4 is 29.2 Å². The maximum Gasteiger partial charge on any atom is 0.376 e. The van der Waals surface area contributed by atoms with Crippen molar-refractivity contribution in [3.05, 3.63) is 108 Å². The number of likely N-dealkylation sites (tertiary alicyclic amines) is 1. The Kier molecular flexibility index (Phi) is 8.32. The van der Waals surface area contributed by atoms with E-state index < -0.39 is 17.8 Å². The molecule has 5 rings (SSSR count). The van der Waals surface area contributed by atoms with E-state index in [2.05, 4.69) is 22.7 Å². The molecule has 9 heteroatoms. The largest absolute Gasteiger partial charge is 0.497 e. The molecular formula is C31H30N4O5. The average Bonchev–Trinajstić information content (AvgIpc) is 3.37. The number of rotatable bonds is 7. The molecule has 2 heterocycles. The molecule has 2 aliphatic heterocycles. The second kappa shape index (κ2) is 12.4. The van der Waals surface area contributed by atoms with Gasteiger partial charge in [-0.25, -0.2) is 14.8 Å². The van der Waals surface area contributed by atoms with Gasteiger partial charge in [0.2, 0.25) is 0 Å². The molecule has 0 spiro atoms. The van der Waals surface area contributed by atoms with Gasteiger partial charge in [0.15, 0.2) is 5.70 Å². The van der Waals surface area contributed by atoms with E-state index in [4.69, 9.17) is 9.57 Å². The molecule has 9 nitrogen and oxygen atoms in total. The van der Waals surface area contributed by atoms with Crippen LogP contribution in [0.3, 0.4) is 0 Å². The highest BCUT2D eigenvalue weighted by molar-refractivity contribution is 6.45. The quantitative estimate of drug-likeness (QED) is 0.357. The highest BCUT2D eigenvalue weighted by atomic mass is 16.7. The fraction of sp³-hybridized carbons (Fsp3) is 0.226. The number of carbonyl (C=O) groups is 3. The maximum absolute atomic E-state index is 13.7. The van der Waals surface area contributed by atoms with Gasteiger partial charge in [0.1, 0.15) is 11.5 Å². The highest BCUT2D eigenvalue weighted by Gasteiger charge is 2.32. The lowest BCUT2D eigenvalue weighted by atomic mass is 9.90. The van der Waals surface area contributed by atoms with E-state index in [0.29, 0.717) is 36.0 Å². The van der Waals surface area contributed by atoms with Crippen LogP contribution in [0.25, 0.3) is 0 Å². The Balaban J connectivity index is 1.40. The number of carbonyl (C=O) groups excluding carboxylic acids is 3. The number of ether oxygens (including phenoxy) is 1. The summed E-state index contributed by atoms with van der Waals surface area (Å²) in [7, 11) is 1.56. The molecule has 2 saturated heterocycles. The predicted octanol–water partition coefficient (Wildman–Crippen LogP) is 4.12. The second-order valence-corrected chi connectivity index (χ2v) is 9.64. The molecule has 3 aromatic rings. The van der Waals surface area contributed by atoms with Gasteiger partial charge in [-0.05, 0) is 67.1 Å². The third-order valence-electron chi connectivity index (χ3n) is 7.01. The second-order valence-electron chi connectivity index (χ2n) is 9.64. The molecule has 0 atom stereocenters. The molecule has 1 N–H and O–H groups in total. The topological polar surface area (TPSA) is 101 Å². The van der Waals surface area contributed by atoms with Crippen LogP contribution in [0.4, 0.5) is 5.69 Å². The van der Waals surface area contributed by atoms with E-state index in [0.717, 1.165) is 19.3 Å². The van der Waals surface area contributed by atoms with Crippen molar-refractivity contribution in [1.29, 1.82) is 0 Å². The molecule has 0 unspecified atom stereocenters. The lowest BCUT2D eigenvalue weighted by molar-refractivity contribution is -0.140. The summed E-state index contributed by atoms with van der Waals surface area (Å²) in [4.78, 5) is 50.4. The van der Waals surface area contributed by atoms with Crippen LogP contribution in [0, 0.1) is 5.92 Å². The Morgan fingerprint density at radius 1 is 0.975 bits per heavy atom. The summed E-state index contributed by atoms with van der Waals surface area (Å²) < 4.78 is 5.21. The monoisotopic (exact) mass is 538 g/mol. The minimum atomic E-state index is -0.704. The summed E-state index contributed by atoms with van der Waals surface area (Å²) >= 11 is 0. The third-order valence-corrected chi connectivity index (χ3v) is 7.01. The number of methoxy groups -OCH3 is 1. The van der Waals surface area contributed by atoms with Crippen LogP contribution in [0.1, 0.15) is 28.8 Å². The number of benzene rings is 3. The number of piperidine rings is 1. The van der Waals surface area contributed by atoms with Crippen molar-refractivity contribution in [1.82, 2.24) is 10.5 Å². The van der Waals surface area contributed by atoms with Crippen molar-refractivity contribution < 1.29 is 24.0 Å². The highest BCUT2D eigenvalue weighted by Crippen LogP contribution is 2.26. The minimum absolute atomic E-state index is 0.0251. The molecule has 3 aromatic carbocycles. The predicted molar refractivity (Wildman–Crippen MR) is 150 cm³/mol. The molecule has 2 aliphatic rings. The minimum Gasteiger partial charge on any atom is -0.497 e. The number of aliphatic imine (C=N–C) groups is 1.